The molecule has 1 aromatic carbocycles. The van der Waals surface area contributed by atoms with Gasteiger partial charge >= 0.3 is 5.97 Å². The van der Waals surface area contributed by atoms with Crippen molar-refractivity contribution >= 4 is 36.4 Å². The minimum atomic E-state index is -0.655. The molecule has 1 rings (SSSR count). The highest BCUT2D eigenvalue weighted by Crippen LogP contribution is 2.27. The molecule has 0 aliphatic heterocycles. The number of benzene rings is 1. The Bertz CT molecular complexity index is 326. The molecule has 0 fully saturated rings. The molecule has 0 aliphatic carbocycles. The van der Waals surface area contributed by atoms with Crippen molar-refractivity contribution in [3.8, 4) is 0 Å². The molecule has 0 aliphatic rings. The molecule has 5 heteroatoms. The quantitative estimate of drug-likeness (QED) is 0.480. The maximum absolute atomic E-state index is 11.4. The van der Waals surface area contributed by atoms with E-state index in [0.29, 0.717) is 0 Å². The zero-order valence-corrected chi connectivity index (χ0v) is 11.4. The van der Waals surface area contributed by atoms with Crippen LogP contribution < -0.4 is 0 Å². The van der Waals surface area contributed by atoms with E-state index in [1.165, 1.54) is 7.11 Å². The monoisotopic (exact) mass is 338 g/mol. The molecule has 1 aromatic rings. The number of carbonyl (C=O) groups is 1. The van der Waals surface area contributed by atoms with Crippen LogP contribution in [-0.4, -0.2) is 13.1 Å². The van der Waals surface area contributed by atoms with Crippen LogP contribution in [0.4, 0.5) is 0 Å². The van der Waals surface area contributed by atoms with Crippen molar-refractivity contribution in [1.29, 1.82) is 0 Å². The van der Waals surface area contributed by atoms with Crippen molar-refractivity contribution < 1.29 is 13.7 Å². The number of esters is 1. The summed E-state index contributed by atoms with van der Waals surface area (Å²) in [7, 11) is 2.47. The van der Waals surface area contributed by atoms with Crippen LogP contribution in [0.3, 0.4) is 0 Å². The number of aryl methyl sites for hydroxylation is 1. The summed E-state index contributed by atoms with van der Waals surface area (Å²) in [4.78, 5) is 11.4. The van der Waals surface area contributed by atoms with E-state index in [4.69, 9.17) is 4.18 Å². The number of methoxy groups -OCH3 is 1. The Morgan fingerprint density at radius 1 is 1.40 bits per heavy atom. The van der Waals surface area contributed by atoms with Crippen LogP contribution in [0.25, 0.3) is 0 Å². The summed E-state index contributed by atoms with van der Waals surface area (Å²) in [5.41, 5.74) is 1.95. The van der Waals surface area contributed by atoms with E-state index >= 15 is 0 Å². The summed E-state index contributed by atoms with van der Waals surface area (Å²) in [6.07, 6.45) is -0.655. The third-order valence-corrected chi connectivity index (χ3v) is 2.82. The van der Waals surface area contributed by atoms with Crippen molar-refractivity contribution in [2.24, 2.45) is 0 Å². The van der Waals surface area contributed by atoms with Crippen LogP contribution in [0.5, 0.6) is 0 Å². The number of hydrogen-bond donors (Lipinski definition) is 0. The molecule has 0 bridgehead atoms. The lowest BCUT2D eigenvalue weighted by Crippen LogP contribution is -2.14. The van der Waals surface area contributed by atoms with E-state index in [2.05, 4.69) is 4.74 Å². The van der Waals surface area contributed by atoms with Gasteiger partial charge in [-0.2, -0.15) is 0 Å². The second-order valence-electron chi connectivity index (χ2n) is 2.97. The molecule has 3 nitrogen and oxygen atoms in total. The fourth-order valence-corrected chi connectivity index (χ4v) is 2.00. The lowest BCUT2D eigenvalue weighted by atomic mass is 10.1. The molecule has 15 heavy (non-hydrogen) atoms. The lowest BCUT2D eigenvalue weighted by Gasteiger charge is -2.13. The third kappa shape index (κ3) is 3.66. The average molecular weight is 338 g/mol. The van der Waals surface area contributed by atoms with Crippen LogP contribution in [0.1, 0.15) is 17.2 Å². The van der Waals surface area contributed by atoms with Gasteiger partial charge in [0.15, 0.2) is 6.10 Å². The van der Waals surface area contributed by atoms with Crippen LogP contribution in [0.15, 0.2) is 24.3 Å². The van der Waals surface area contributed by atoms with Crippen molar-refractivity contribution in [2.75, 3.05) is 7.11 Å². The molecule has 0 N–H and O–H groups in total. The molecule has 0 aromatic heterocycles. The van der Waals surface area contributed by atoms with Gasteiger partial charge in [-0.05, 0) is 12.5 Å². The van der Waals surface area contributed by atoms with E-state index in [1.807, 2.05) is 52.4 Å². The molecule has 1 atom stereocenters. The molecule has 82 valence electrons. The van der Waals surface area contributed by atoms with Gasteiger partial charge in [-0.3, -0.25) is 4.18 Å². The molecule has 0 heterocycles. The molecule has 1 unspecified atom stereocenters. The second-order valence-corrected chi connectivity index (χ2v) is 4.37. The number of rotatable bonds is 4. The molecule has 0 radical (unpaired) electrons. The zero-order chi connectivity index (χ0) is 11.3. The van der Waals surface area contributed by atoms with E-state index in [0.717, 1.165) is 20.3 Å². The second kappa shape index (κ2) is 6.34. The van der Waals surface area contributed by atoms with Crippen LogP contribution in [-0.2, 0) is 13.7 Å². The summed E-state index contributed by atoms with van der Waals surface area (Å²) in [5, 5.41) is 0. The number of ether oxygens (including phenoxy) is 1. The highest BCUT2D eigenvalue weighted by molar-refractivity contribution is 14.2. The summed E-state index contributed by atoms with van der Waals surface area (Å²) in [5.74, 6) is -0.386. The first kappa shape index (κ1) is 12.8. The van der Waals surface area contributed by atoms with E-state index in [9.17, 15) is 4.79 Å². The molecule has 0 amide bonds. The predicted octanol–water partition coefficient (Wildman–Crippen LogP) is 3.22. The van der Waals surface area contributed by atoms with Crippen LogP contribution in [0, 0.1) is 6.92 Å². The molecular weight excluding hydrogens is 327 g/mol. The lowest BCUT2D eigenvalue weighted by molar-refractivity contribution is -0.148. The van der Waals surface area contributed by atoms with E-state index in [-0.39, 0.29) is 5.97 Å². The maximum Gasteiger partial charge on any atom is 0.341 e. The average Bonchev–Trinajstić information content (AvgIpc) is 2.26. The fraction of sp³-hybridized carbons (Fsp3) is 0.300. The van der Waals surface area contributed by atoms with Gasteiger partial charge in [0.1, 0.15) is 0 Å². The molecular formula is C10H11IO3S. The van der Waals surface area contributed by atoms with E-state index in [1.54, 1.807) is 0 Å². The Balaban J connectivity index is 2.88. The normalized spacial score (nSPS) is 12.2. The van der Waals surface area contributed by atoms with Crippen LogP contribution >= 0.6 is 30.4 Å². The van der Waals surface area contributed by atoms with Gasteiger partial charge in [-0.25, -0.2) is 4.79 Å². The highest BCUT2D eigenvalue weighted by atomic mass is 127. The van der Waals surface area contributed by atoms with Gasteiger partial charge in [0.05, 0.1) is 16.3 Å². The summed E-state index contributed by atoms with van der Waals surface area (Å²) in [6, 6.07) is 7.60. The van der Waals surface area contributed by atoms with Crippen molar-refractivity contribution in [2.45, 2.75) is 13.0 Å². The van der Waals surface area contributed by atoms with Crippen molar-refractivity contribution in [1.82, 2.24) is 0 Å². The first-order valence-corrected chi connectivity index (χ1v) is 7.56. The minimum absolute atomic E-state index is 0.386. The largest absolute Gasteiger partial charge is 0.467 e. The standard InChI is InChI=1S/C10H11IO3S/c1-7-3-5-8(6-4-7)9(14-15-11)10(12)13-2/h3-6,9H,1-2H3. The molecule has 0 saturated heterocycles. The minimum Gasteiger partial charge on any atom is -0.467 e. The van der Waals surface area contributed by atoms with Crippen molar-refractivity contribution in [3.63, 3.8) is 0 Å². The topological polar surface area (TPSA) is 35.5 Å². The van der Waals surface area contributed by atoms with Gasteiger partial charge in [-0.1, -0.05) is 29.8 Å². The van der Waals surface area contributed by atoms with Gasteiger partial charge < -0.3 is 4.74 Å². The summed E-state index contributed by atoms with van der Waals surface area (Å²) < 4.78 is 9.92. The highest BCUT2D eigenvalue weighted by Gasteiger charge is 2.22. The predicted molar refractivity (Wildman–Crippen MR) is 68.6 cm³/mol. The maximum atomic E-state index is 11.4. The first-order chi connectivity index (χ1) is 7.19. The van der Waals surface area contributed by atoms with Gasteiger partial charge in [-0.15, -0.1) is 0 Å². The Morgan fingerprint density at radius 3 is 2.47 bits per heavy atom. The number of carbonyl (C=O) groups excluding carboxylic acids is 1. The van der Waals surface area contributed by atoms with Crippen LogP contribution in [0.2, 0.25) is 0 Å². The van der Waals surface area contributed by atoms with Gasteiger partial charge in [0.25, 0.3) is 0 Å². The van der Waals surface area contributed by atoms with Gasteiger partial charge in [0.2, 0.25) is 0 Å². The van der Waals surface area contributed by atoms with Crippen molar-refractivity contribution in [3.05, 3.63) is 35.4 Å². The summed E-state index contributed by atoms with van der Waals surface area (Å²) >= 11 is 1.97. The number of halogens is 1. The first-order valence-electron chi connectivity index (χ1n) is 4.27. The Kier molecular flexibility index (Phi) is 5.41. The Hall–Kier alpha value is -0.270. The fourth-order valence-electron chi connectivity index (χ4n) is 1.12. The zero-order valence-electron chi connectivity index (χ0n) is 8.40. The molecule has 0 saturated carbocycles. The smallest absolute Gasteiger partial charge is 0.341 e. The Morgan fingerprint density at radius 2 is 2.00 bits per heavy atom. The Labute approximate surface area is 105 Å². The van der Waals surface area contributed by atoms with E-state index < -0.39 is 6.10 Å². The summed E-state index contributed by atoms with van der Waals surface area (Å²) in [6.45, 7) is 1.99. The van der Waals surface area contributed by atoms with Gasteiger partial charge in [0, 0.05) is 21.2 Å². The number of hydrogen-bond acceptors (Lipinski definition) is 4. The third-order valence-electron chi connectivity index (χ3n) is 1.93. The molecule has 0 spiro atoms. The SMILES string of the molecule is COC(=O)C(OSI)c1ccc(C)cc1.